The lowest BCUT2D eigenvalue weighted by atomic mass is 9.89. The Balaban J connectivity index is 0.00000441. The van der Waals surface area contributed by atoms with Crippen LogP contribution in [0.5, 0.6) is 0 Å². The minimum Gasteiger partial charge on any atom is -0.379 e. The fraction of sp³-hybridized carbons (Fsp3) is 0.588. The minimum absolute atomic E-state index is 0. The van der Waals surface area contributed by atoms with Gasteiger partial charge in [0.15, 0.2) is 5.96 Å². The highest BCUT2D eigenvalue weighted by Crippen LogP contribution is 2.20. The summed E-state index contributed by atoms with van der Waals surface area (Å²) in [5.41, 5.74) is 2.65. The van der Waals surface area contributed by atoms with Crippen LogP contribution in [0, 0.1) is 12.3 Å². The number of hydrogen-bond donors (Lipinski definition) is 2. The van der Waals surface area contributed by atoms with Crippen molar-refractivity contribution in [1.29, 1.82) is 0 Å². The first-order chi connectivity index (χ1) is 9.88. The first-order valence-electron chi connectivity index (χ1n) is 7.40. The number of ether oxygens (including phenoxy) is 1. The van der Waals surface area contributed by atoms with E-state index in [1.165, 1.54) is 11.1 Å². The van der Waals surface area contributed by atoms with E-state index in [-0.39, 0.29) is 35.5 Å². The summed E-state index contributed by atoms with van der Waals surface area (Å²) in [5.74, 6) is 0.796. The van der Waals surface area contributed by atoms with Gasteiger partial charge in [0.1, 0.15) is 0 Å². The Labute approximate surface area is 152 Å². The van der Waals surface area contributed by atoms with Crippen molar-refractivity contribution < 1.29 is 4.74 Å². The Morgan fingerprint density at radius 3 is 2.36 bits per heavy atom. The van der Waals surface area contributed by atoms with Crippen LogP contribution < -0.4 is 10.6 Å². The summed E-state index contributed by atoms with van der Waals surface area (Å²) >= 11 is 0. The van der Waals surface area contributed by atoms with Crippen molar-refractivity contribution in [3.63, 3.8) is 0 Å². The highest BCUT2D eigenvalue weighted by molar-refractivity contribution is 14.0. The molecule has 0 radical (unpaired) electrons. The van der Waals surface area contributed by atoms with Crippen LogP contribution in [-0.2, 0) is 11.3 Å². The molecule has 0 saturated heterocycles. The van der Waals surface area contributed by atoms with Crippen LogP contribution in [0.15, 0.2) is 29.3 Å². The maximum atomic E-state index is 5.55. The van der Waals surface area contributed by atoms with Crippen LogP contribution in [0.1, 0.15) is 31.9 Å². The maximum Gasteiger partial charge on any atom is 0.191 e. The number of aryl methyl sites for hydroxylation is 1. The lowest BCUT2D eigenvalue weighted by Gasteiger charge is -2.30. The number of methoxy groups -OCH3 is 1. The van der Waals surface area contributed by atoms with E-state index in [0.29, 0.717) is 0 Å². The molecule has 4 nitrogen and oxygen atoms in total. The van der Waals surface area contributed by atoms with E-state index < -0.39 is 0 Å². The minimum atomic E-state index is 0. The number of nitrogens with one attached hydrogen (secondary N) is 2. The third-order valence-corrected chi connectivity index (χ3v) is 3.64. The van der Waals surface area contributed by atoms with Crippen molar-refractivity contribution in [2.45, 2.75) is 40.3 Å². The molecule has 0 fully saturated rings. The van der Waals surface area contributed by atoms with Crippen molar-refractivity contribution in [3.05, 3.63) is 35.4 Å². The van der Waals surface area contributed by atoms with Gasteiger partial charge in [-0.05, 0) is 23.5 Å². The molecule has 0 aliphatic carbocycles. The Kier molecular flexibility index (Phi) is 9.67. The molecule has 5 heteroatoms. The monoisotopic (exact) mass is 419 g/mol. The van der Waals surface area contributed by atoms with E-state index in [1.54, 1.807) is 14.2 Å². The largest absolute Gasteiger partial charge is 0.379 e. The summed E-state index contributed by atoms with van der Waals surface area (Å²) < 4.78 is 5.55. The number of guanidine groups is 1. The average molecular weight is 419 g/mol. The third kappa shape index (κ3) is 6.96. The van der Waals surface area contributed by atoms with Crippen LogP contribution in [0.4, 0.5) is 0 Å². The van der Waals surface area contributed by atoms with Gasteiger partial charge in [-0.25, -0.2) is 0 Å². The number of aliphatic imine (C=N–C) groups is 1. The molecule has 0 amide bonds. The predicted molar refractivity (Wildman–Crippen MR) is 105 cm³/mol. The second kappa shape index (κ2) is 10.0. The molecule has 126 valence electrons. The summed E-state index contributed by atoms with van der Waals surface area (Å²) in [6.45, 7) is 10.1. The van der Waals surface area contributed by atoms with Crippen molar-refractivity contribution in [3.8, 4) is 0 Å². The molecule has 0 aliphatic heterocycles. The molecule has 2 N–H and O–H groups in total. The standard InChI is InChI=1S/C17H29N3O.HI/c1-13-9-7-8-10-14(13)11-19-16(18-5)20-12-15(21-6)17(2,3)4;/h7-10,15H,11-12H2,1-6H3,(H2,18,19,20);1H. The van der Waals surface area contributed by atoms with Crippen LogP contribution in [-0.4, -0.2) is 32.8 Å². The van der Waals surface area contributed by atoms with Crippen LogP contribution in [0.25, 0.3) is 0 Å². The quantitative estimate of drug-likeness (QED) is 0.437. The molecule has 0 spiro atoms. The number of rotatable bonds is 5. The van der Waals surface area contributed by atoms with Gasteiger partial charge < -0.3 is 15.4 Å². The van der Waals surface area contributed by atoms with E-state index in [2.05, 4.69) is 67.6 Å². The molecule has 1 aromatic carbocycles. The Bertz CT molecular complexity index is 469. The third-order valence-electron chi connectivity index (χ3n) is 3.64. The molecule has 1 rings (SSSR count). The van der Waals surface area contributed by atoms with E-state index in [1.807, 2.05) is 0 Å². The van der Waals surface area contributed by atoms with Crippen LogP contribution in [0.3, 0.4) is 0 Å². The van der Waals surface area contributed by atoms with Crippen molar-refractivity contribution >= 4 is 29.9 Å². The summed E-state index contributed by atoms with van der Waals surface area (Å²) in [6.07, 6.45) is 0.134. The summed E-state index contributed by atoms with van der Waals surface area (Å²) in [6, 6.07) is 8.36. The van der Waals surface area contributed by atoms with Crippen LogP contribution in [0.2, 0.25) is 0 Å². The fourth-order valence-corrected chi connectivity index (χ4v) is 2.14. The van der Waals surface area contributed by atoms with Gasteiger partial charge in [0, 0.05) is 27.2 Å². The number of benzene rings is 1. The van der Waals surface area contributed by atoms with Gasteiger partial charge in [-0.15, -0.1) is 24.0 Å². The second-order valence-corrected chi connectivity index (χ2v) is 6.32. The zero-order valence-electron chi connectivity index (χ0n) is 14.6. The Hall–Kier alpha value is -0.820. The molecule has 1 atom stereocenters. The van der Waals surface area contributed by atoms with E-state index >= 15 is 0 Å². The van der Waals surface area contributed by atoms with E-state index in [4.69, 9.17) is 4.74 Å². The molecule has 0 saturated carbocycles. The molecule has 22 heavy (non-hydrogen) atoms. The molecular weight excluding hydrogens is 389 g/mol. The normalized spacial score (nSPS) is 13.3. The topological polar surface area (TPSA) is 45.7 Å². The van der Waals surface area contributed by atoms with E-state index in [0.717, 1.165) is 19.0 Å². The molecule has 1 aromatic rings. The van der Waals surface area contributed by atoms with Gasteiger partial charge >= 0.3 is 0 Å². The molecule has 0 aliphatic rings. The predicted octanol–water partition coefficient (Wildman–Crippen LogP) is 3.34. The van der Waals surface area contributed by atoms with Gasteiger partial charge in [0.05, 0.1) is 6.10 Å². The van der Waals surface area contributed by atoms with Gasteiger partial charge in [0.2, 0.25) is 0 Å². The molecule has 0 bridgehead atoms. The lowest BCUT2D eigenvalue weighted by molar-refractivity contribution is 0.0205. The first-order valence-corrected chi connectivity index (χ1v) is 7.40. The first kappa shape index (κ1) is 21.2. The average Bonchev–Trinajstić information content (AvgIpc) is 2.43. The number of hydrogen-bond acceptors (Lipinski definition) is 2. The second-order valence-electron chi connectivity index (χ2n) is 6.32. The Morgan fingerprint density at radius 2 is 1.86 bits per heavy atom. The molecule has 1 unspecified atom stereocenters. The van der Waals surface area contributed by atoms with Crippen molar-refractivity contribution in [1.82, 2.24) is 10.6 Å². The van der Waals surface area contributed by atoms with Gasteiger partial charge in [-0.1, -0.05) is 45.0 Å². The molecule has 0 aromatic heterocycles. The van der Waals surface area contributed by atoms with E-state index in [9.17, 15) is 0 Å². The molecular formula is C17H30IN3O. The zero-order valence-corrected chi connectivity index (χ0v) is 16.9. The SMILES string of the molecule is CN=C(NCc1ccccc1C)NCC(OC)C(C)(C)C.I. The molecule has 0 heterocycles. The lowest BCUT2D eigenvalue weighted by Crippen LogP contribution is -2.45. The smallest absolute Gasteiger partial charge is 0.191 e. The highest BCUT2D eigenvalue weighted by atomic mass is 127. The summed E-state index contributed by atoms with van der Waals surface area (Å²) in [4.78, 5) is 4.26. The number of nitrogens with zero attached hydrogens (tertiary/aromatic N) is 1. The summed E-state index contributed by atoms with van der Waals surface area (Å²) in [7, 11) is 3.53. The highest BCUT2D eigenvalue weighted by Gasteiger charge is 2.24. The van der Waals surface area contributed by atoms with Crippen molar-refractivity contribution in [2.24, 2.45) is 10.4 Å². The van der Waals surface area contributed by atoms with Crippen molar-refractivity contribution in [2.75, 3.05) is 20.7 Å². The van der Waals surface area contributed by atoms with Gasteiger partial charge in [-0.3, -0.25) is 4.99 Å². The fourth-order valence-electron chi connectivity index (χ4n) is 2.14. The summed E-state index contributed by atoms with van der Waals surface area (Å²) in [5, 5.41) is 6.67. The van der Waals surface area contributed by atoms with Gasteiger partial charge in [0.25, 0.3) is 0 Å². The van der Waals surface area contributed by atoms with Gasteiger partial charge in [-0.2, -0.15) is 0 Å². The maximum absolute atomic E-state index is 5.55. The van der Waals surface area contributed by atoms with Crippen LogP contribution >= 0.6 is 24.0 Å². The zero-order chi connectivity index (χ0) is 15.9. The number of halogens is 1. The Morgan fingerprint density at radius 1 is 1.23 bits per heavy atom.